The first-order valence-corrected chi connectivity index (χ1v) is 11.7. The van der Waals surface area contributed by atoms with Gasteiger partial charge in [0.1, 0.15) is 29.4 Å². The van der Waals surface area contributed by atoms with E-state index in [1.165, 1.54) is 23.1 Å². The van der Waals surface area contributed by atoms with Crippen LogP contribution in [0.3, 0.4) is 0 Å². The fraction of sp³-hybridized carbons (Fsp3) is 0.417. The maximum absolute atomic E-state index is 14.5. The van der Waals surface area contributed by atoms with Gasteiger partial charge in [0.05, 0.1) is 17.1 Å². The Kier molecular flexibility index (Phi) is 7.31. The summed E-state index contributed by atoms with van der Waals surface area (Å²) in [5, 5.41) is 1.81. The number of ether oxygens (including phenoxy) is 2. The zero-order chi connectivity index (χ0) is 27.0. The van der Waals surface area contributed by atoms with Crippen molar-refractivity contribution in [3.63, 3.8) is 0 Å². The van der Waals surface area contributed by atoms with Gasteiger partial charge in [-0.1, -0.05) is 23.7 Å². The second-order valence-corrected chi connectivity index (χ2v) is 9.86. The largest absolute Gasteiger partial charge is 0.472 e. The molecular weight excluding hydrogens is 518 g/mol. The van der Waals surface area contributed by atoms with Crippen LogP contribution in [0, 0.1) is 5.82 Å². The Morgan fingerprint density at radius 1 is 1.19 bits per heavy atom. The van der Waals surface area contributed by atoms with E-state index in [0.29, 0.717) is 13.0 Å². The maximum atomic E-state index is 14.5. The van der Waals surface area contributed by atoms with E-state index in [9.17, 15) is 22.4 Å². The number of carbonyl (C=O) groups excluding carboxylic acids is 1. The third-order valence-electron chi connectivity index (χ3n) is 5.44. The second-order valence-electron chi connectivity index (χ2n) is 9.46. The lowest BCUT2D eigenvalue weighted by Gasteiger charge is -2.24. The van der Waals surface area contributed by atoms with E-state index in [-0.39, 0.29) is 29.3 Å². The topological polar surface area (TPSA) is 89.5 Å². The number of hydrogen-bond acceptors (Lipinski definition) is 7. The smallest absolute Gasteiger partial charge is 0.412 e. The van der Waals surface area contributed by atoms with Crippen molar-refractivity contribution in [2.24, 2.45) is 0 Å². The Balaban J connectivity index is 1.57. The van der Waals surface area contributed by atoms with Crippen molar-refractivity contribution in [2.45, 2.75) is 51.1 Å². The van der Waals surface area contributed by atoms with E-state index in [4.69, 9.17) is 21.1 Å². The zero-order valence-electron chi connectivity index (χ0n) is 20.1. The minimum atomic E-state index is -4.88. The van der Waals surface area contributed by atoms with E-state index in [1.54, 1.807) is 20.8 Å². The second kappa shape index (κ2) is 10.2. The number of nitrogens with zero attached hydrogens (tertiary/aromatic N) is 4. The van der Waals surface area contributed by atoms with Crippen LogP contribution < -0.4 is 10.1 Å². The van der Waals surface area contributed by atoms with E-state index < -0.39 is 46.4 Å². The Hall–Kier alpha value is -3.41. The predicted molar refractivity (Wildman–Crippen MR) is 128 cm³/mol. The van der Waals surface area contributed by atoms with Crippen LogP contribution >= 0.6 is 11.6 Å². The number of rotatable bonds is 5. The molecule has 0 spiro atoms. The number of alkyl halides is 3. The molecule has 1 aliphatic rings. The summed E-state index contributed by atoms with van der Waals surface area (Å²) < 4.78 is 67.6. The molecule has 4 rings (SSSR count). The van der Waals surface area contributed by atoms with Gasteiger partial charge < -0.3 is 19.7 Å². The fourth-order valence-electron chi connectivity index (χ4n) is 3.80. The lowest BCUT2D eigenvalue weighted by atomic mass is 10.1. The maximum Gasteiger partial charge on any atom is 0.412 e. The predicted octanol–water partition coefficient (Wildman–Crippen LogP) is 5.92. The number of hydrogen-bond donors (Lipinski definition) is 1. The van der Waals surface area contributed by atoms with Crippen LogP contribution in [-0.2, 0) is 4.74 Å². The first kappa shape index (κ1) is 26.6. The van der Waals surface area contributed by atoms with Crippen molar-refractivity contribution in [1.29, 1.82) is 0 Å². The molecule has 2 atom stereocenters. The van der Waals surface area contributed by atoms with Gasteiger partial charge in [0, 0.05) is 24.6 Å². The van der Waals surface area contributed by atoms with Gasteiger partial charge in [-0.25, -0.2) is 24.1 Å². The summed E-state index contributed by atoms with van der Waals surface area (Å²) in [5.74, 6) is -1.34. The summed E-state index contributed by atoms with van der Waals surface area (Å²) in [7, 11) is 0. The standard InChI is InChI=1S/C24H24ClF4N5O3/c1-23(2,3)37-22(35)34-10-9-13(11-34)36-17-8-7-16-19(32-17)21(31-12-30-16)33-20(24(27,28)29)14-5-4-6-15(25)18(14)26/h4-8,12-13,20H,9-11H2,1-3H3,(H,30,31,33)/t13-,20-/m0/s1. The number of halogens is 5. The molecule has 3 aromatic rings. The van der Waals surface area contributed by atoms with Gasteiger partial charge in [-0.3, -0.25) is 0 Å². The molecule has 1 aromatic carbocycles. The van der Waals surface area contributed by atoms with Gasteiger partial charge in [-0.05, 0) is 32.9 Å². The average Bonchev–Trinajstić information content (AvgIpc) is 3.26. The molecule has 0 unspecified atom stereocenters. The number of pyridine rings is 1. The van der Waals surface area contributed by atoms with Crippen LogP contribution in [0.15, 0.2) is 36.7 Å². The van der Waals surface area contributed by atoms with Gasteiger partial charge in [-0.15, -0.1) is 0 Å². The minimum absolute atomic E-state index is 0.00122. The summed E-state index contributed by atoms with van der Waals surface area (Å²) in [6, 6.07) is 3.97. The van der Waals surface area contributed by atoms with Crippen molar-refractivity contribution < 1.29 is 31.8 Å². The Labute approximate surface area is 215 Å². The highest BCUT2D eigenvalue weighted by Gasteiger charge is 2.43. The molecule has 0 radical (unpaired) electrons. The highest BCUT2D eigenvalue weighted by Crippen LogP contribution is 2.38. The molecule has 8 nitrogen and oxygen atoms in total. The van der Waals surface area contributed by atoms with Crippen molar-refractivity contribution in [2.75, 3.05) is 18.4 Å². The SMILES string of the molecule is CC(C)(C)OC(=O)N1CC[C@H](Oc2ccc3ncnc(N[C@@H](c4cccc(Cl)c4F)C(F)(F)F)c3n2)C1. The fourth-order valence-corrected chi connectivity index (χ4v) is 3.98. The highest BCUT2D eigenvalue weighted by molar-refractivity contribution is 6.30. The summed E-state index contributed by atoms with van der Waals surface area (Å²) in [5.41, 5.74) is -1.08. The third-order valence-corrected chi connectivity index (χ3v) is 5.73. The minimum Gasteiger partial charge on any atom is -0.472 e. The van der Waals surface area contributed by atoms with E-state index in [0.717, 1.165) is 18.5 Å². The molecule has 1 amide bonds. The first-order valence-electron chi connectivity index (χ1n) is 11.4. The first-order chi connectivity index (χ1) is 17.3. The molecule has 1 aliphatic heterocycles. The van der Waals surface area contributed by atoms with Gasteiger partial charge in [0.2, 0.25) is 5.88 Å². The number of amides is 1. The zero-order valence-corrected chi connectivity index (χ0v) is 20.9. The van der Waals surface area contributed by atoms with Crippen LogP contribution in [0.5, 0.6) is 5.88 Å². The molecule has 0 saturated carbocycles. The highest BCUT2D eigenvalue weighted by atomic mass is 35.5. The normalized spacial score (nSPS) is 17.1. The van der Waals surface area contributed by atoms with Crippen LogP contribution in [0.25, 0.3) is 11.0 Å². The summed E-state index contributed by atoms with van der Waals surface area (Å²) in [6.07, 6.45) is -4.16. The van der Waals surface area contributed by atoms with Gasteiger partial charge in [0.25, 0.3) is 0 Å². The quantitative estimate of drug-likeness (QED) is 0.401. The molecule has 2 aromatic heterocycles. The monoisotopic (exact) mass is 541 g/mol. The van der Waals surface area contributed by atoms with Gasteiger partial charge in [-0.2, -0.15) is 13.2 Å². The lowest BCUT2D eigenvalue weighted by molar-refractivity contribution is -0.144. The van der Waals surface area contributed by atoms with Crippen LogP contribution in [0.4, 0.5) is 28.2 Å². The summed E-state index contributed by atoms with van der Waals surface area (Å²) in [4.78, 5) is 26.1. The van der Waals surface area contributed by atoms with Crippen molar-refractivity contribution in [3.05, 3.63) is 53.1 Å². The molecule has 198 valence electrons. The average molecular weight is 542 g/mol. The Morgan fingerprint density at radius 2 is 1.95 bits per heavy atom. The summed E-state index contributed by atoms with van der Waals surface area (Å²) >= 11 is 5.71. The number of aromatic nitrogens is 3. The lowest BCUT2D eigenvalue weighted by Crippen LogP contribution is -2.36. The molecular formula is C24H24ClF4N5O3. The molecule has 0 bridgehead atoms. The molecule has 37 heavy (non-hydrogen) atoms. The molecule has 0 aliphatic carbocycles. The molecule has 3 heterocycles. The van der Waals surface area contributed by atoms with E-state index in [2.05, 4.69) is 20.3 Å². The van der Waals surface area contributed by atoms with Crippen molar-refractivity contribution in [3.8, 4) is 5.88 Å². The van der Waals surface area contributed by atoms with Crippen molar-refractivity contribution >= 4 is 34.5 Å². The number of fused-ring (bicyclic) bond motifs is 1. The van der Waals surface area contributed by atoms with Crippen LogP contribution in [0.1, 0.15) is 38.8 Å². The number of carbonyl (C=O) groups is 1. The van der Waals surface area contributed by atoms with Crippen LogP contribution in [-0.4, -0.2) is 56.9 Å². The Bertz CT molecular complexity index is 1300. The van der Waals surface area contributed by atoms with Gasteiger partial charge >= 0.3 is 12.3 Å². The number of likely N-dealkylation sites (tertiary alicyclic amines) is 1. The van der Waals surface area contributed by atoms with Crippen molar-refractivity contribution in [1.82, 2.24) is 19.9 Å². The Morgan fingerprint density at radius 3 is 2.65 bits per heavy atom. The number of nitrogens with one attached hydrogen (secondary N) is 1. The molecule has 1 fully saturated rings. The van der Waals surface area contributed by atoms with E-state index >= 15 is 0 Å². The number of benzene rings is 1. The molecule has 1 N–H and O–H groups in total. The number of anilines is 1. The molecule has 1 saturated heterocycles. The van der Waals surface area contributed by atoms with E-state index in [1.807, 2.05) is 0 Å². The third kappa shape index (κ3) is 6.30. The summed E-state index contributed by atoms with van der Waals surface area (Å²) in [6.45, 7) is 5.99. The molecule has 13 heteroatoms. The van der Waals surface area contributed by atoms with Gasteiger partial charge in [0.15, 0.2) is 11.9 Å². The van der Waals surface area contributed by atoms with Crippen LogP contribution in [0.2, 0.25) is 5.02 Å².